The highest BCUT2D eigenvalue weighted by Gasteiger charge is 2.00. The summed E-state index contributed by atoms with van der Waals surface area (Å²) in [6, 6.07) is 7.50. The zero-order chi connectivity index (χ0) is 13.9. The van der Waals surface area contributed by atoms with Crippen LogP contribution in [0.15, 0.2) is 24.3 Å². The van der Waals surface area contributed by atoms with E-state index in [-0.39, 0.29) is 13.2 Å². The van der Waals surface area contributed by atoms with Gasteiger partial charge in [-0.2, -0.15) is 11.8 Å². The van der Waals surface area contributed by atoms with E-state index in [0.29, 0.717) is 12.5 Å². The topological polar surface area (TPSA) is 49.7 Å². The summed E-state index contributed by atoms with van der Waals surface area (Å²) >= 11 is 1.78. The van der Waals surface area contributed by atoms with Crippen molar-refractivity contribution in [1.29, 1.82) is 0 Å². The number of rotatable bonds is 7. The molecule has 0 aliphatic carbocycles. The lowest BCUT2D eigenvalue weighted by Gasteiger charge is -2.08. The standard InChI is InChI=1S/C15H20O3S/c1-13(11-17)12-19-10-9-18-15-6-4-14(5-7-15)3-2-8-16/h4-7,13,16-17H,8-12H2,1H3. The first-order valence-corrected chi connectivity index (χ1v) is 7.43. The Kier molecular flexibility index (Phi) is 8.15. The number of aliphatic hydroxyl groups excluding tert-OH is 2. The molecule has 2 N–H and O–H groups in total. The lowest BCUT2D eigenvalue weighted by atomic mass is 10.2. The summed E-state index contributed by atoms with van der Waals surface area (Å²) in [4.78, 5) is 0. The third kappa shape index (κ3) is 7.12. The zero-order valence-corrected chi connectivity index (χ0v) is 11.9. The van der Waals surface area contributed by atoms with Crippen LogP contribution in [0.3, 0.4) is 0 Å². The minimum atomic E-state index is -0.123. The Labute approximate surface area is 119 Å². The quantitative estimate of drug-likeness (QED) is 0.590. The first-order valence-electron chi connectivity index (χ1n) is 6.27. The summed E-state index contributed by atoms with van der Waals surface area (Å²) in [6.07, 6.45) is 0. The SMILES string of the molecule is CC(CO)CSCCOc1ccc(C#CCO)cc1. The van der Waals surface area contributed by atoms with Gasteiger partial charge < -0.3 is 14.9 Å². The van der Waals surface area contributed by atoms with E-state index in [9.17, 15) is 0 Å². The van der Waals surface area contributed by atoms with E-state index in [1.807, 2.05) is 31.2 Å². The molecule has 0 spiro atoms. The van der Waals surface area contributed by atoms with Crippen LogP contribution >= 0.6 is 11.8 Å². The van der Waals surface area contributed by atoms with Gasteiger partial charge in [-0.05, 0) is 35.9 Å². The van der Waals surface area contributed by atoms with E-state index >= 15 is 0 Å². The Balaban J connectivity index is 2.23. The van der Waals surface area contributed by atoms with Crippen molar-refractivity contribution < 1.29 is 14.9 Å². The Hall–Kier alpha value is -1.15. The monoisotopic (exact) mass is 280 g/mol. The minimum Gasteiger partial charge on any atom is -0.493 e. The van der Waals surface area contributed by atoms with Crippen molar-refractivity contribution >= 4 is 11.8 Å². The minimum absolute atomic E-state index is 0.123. The molecule has 0 saturated carbocycles. The van der Waals surface area contributed by atoms with Crippen LogP contribution < -0.4 is 4.74 Å². The predicted molar refractivity (Wildman–Crippen MR) is 79.5 cm³/mol. The third-order valence-corrected chi connectivity index (χ3v) is 3.64. The van der Waals surface area contributed by atoms with Gasteiger partial charge in [0.1, 0.15) is 12.4 Å². The second kappa shape index (κ2) is 9.74. The highest BCUT2D eigenvalue weighted by atomic mass is 32.2. The molecule has 0 bridgehead atoms. The molecule has 1 aromatic carbocycles. The molecule has 3 nitrogen and oxygen atoms in total. The lowest BCUT2D eigenvalue weighted by molar-refractivity contribution is 0.250. The third-order valence-electron chi connectivity index (χ3n) is 2.38. The zero-order valence-electron chi connectivity index (χ0n) is 11.1. The molecule has 19 heavy (non-hydrogen) atoms. The predicted octanol–water partition coefficient (Wildman–Crippen LogP) is 1.77. The molecular formula is C15H20O3S. The van der Waals surface area contributed by atoms with Gasteiger partial charge in [-0.1, -0.05) is 18.8 Å². The molecule has 1 aromatic rings. The van der Waals surface area contributed by atoms with Gasteiger partial charge in [0, 0.05) is 17.9 Å². The van der Waals surface area contributed by atoms with Crippen molar-refractivity contribution in [1.82, 2.24) is 0 Å². The number of ether oxygens (including phenoxy) is 1. The number of hydrogen-bond acceptors (Lipinski definition) is 4. The molecule has 1 rings (SSSR count). The molecule has 0 radical (unpaired) electrons. The maximum Gasteiger partial charge on any atom is 0.119 e. The van der Waals surface area contributed by atoms with Crippen molar-refractivity contribution in [3.63, 3.8) is 0 Å². The fourth-order valence-electron chi connectivity index (χ4n) is 1.33. The summed E-state index contributed by atoms with van der Waals surface area (Å²) in [5, 5.41) is 17.5. The Morgan fingerprint density at radius 3 is 2.63 bits per heavy atom. The second-order valence-corrected chi connectivity index (χ2v) is 5.35. The number of aliphatic hydroxyl groups is 2. The van der Waals surface area contributed by atoms with Crippen molar-refractivity contribution in [2.75, 3.05) is 31.3 Å². The smallest absolute Gasteiger partial charge is 0.119 e. The Morgan fingerprint density at radius 1 is 1.26 bits per heavy atom. The van der Waals surface area contributed by atoms with Crippen molar-refractivity contribution in [3.8, 4) is 17.6 Å². The summed E-state index contributed by atoms with van der Waals surface area (Å²) < 4.78 is 5.60. The van der Waals surface area contributed by atoms with Crippen LogP contribution in [0.4, 0.5) is 0 Å². The molecule has 0 aliphatic rings. The molecule has 0 amide bonds. The number of hydrogen-bond donors (Lipinski definition) is 2. The second-order valence-electron chi connectivity index (χ2n) is 4.20. The van der Waals surface area contributed by atoms with Gasteiger partial charge in [-0.3, -0.25) is 0 Å². The van der Waals surface area contributed by atoms with E-state index in [4.69, 9.17) is 14.9 Å². The van der Waals surface area contributed by atoms with Crippen LogP contribution in [0.1, 0.15) is 12.5 Å². The van der Waals surface area contributed by atoms with Gasteiger partial charge in [0.15, 0.2) is 0 Å². The summed E-state index contributed by atoms with van der Waals surface area (Å²) in [7, 11) is 0. The van der Waals surface area contributed by atoms with Crippen LogP contribution in [0.25, 0.3) is 0 Å². The molecule has 0 aromatic heterocycles. The van der Waals surface area contributed by atoms with Crippen molar-refractivity contribution in [3.05, 3.63) is 29.8 Å². The Bertz CT molecular complexity index is 406. The summed E-state index contributed by atoms with van der Waals surface area (Å²) in [5.74, 6) is 8.47. The van der Waals surface area contributed by atoms with Crippen LogP contribution in [-0.2, 0) is 0 Å². The normalized spacial score (nSPS) is 11.5. The van der Waals surface area contributed by atoms with Gasteiger partial charge in [0.2, 0.25) is 0 Å². The van der Waals surface area contributed by atoms with E-state index in [2.05, 4.69) is 11.8 Å². The average molecular weight is 280 g/mol. The summed E-state index contributed by atoms with van der Waals surface area (Å²) in [6.45, 7) is 2.80. The molecule has 104 valence electrons. The maximum atomic E-state index is 8.89. The van der Waals surface area contributed by atoms with Gasteiger partial charge in [-0.15, -0.1) is 0 Å². The largest absolute Gasteiger partial charge is 0.493 e. The number of benzene rings is 1. The van der Waals surface area contributed by atoms with E-state index < -0.39 is 0 Å². The van der Waals surface area contributed by atoms with E-state index in [1.54, 1.807) is 11.8 Å². The van der Waals surface area contributed by atoms with Gasteiger partial charge >= 0.3 is 0 Å². The van der Waals surface area contributed by atoms with Crippen molar-refractivity contribution in [2.24, 2.45) is 5.92 Å². The molecule has 1 atom stereocenters. The van der Waals surface area contributed by atoms with E-state index in [1.165, 1.54) is 0 Å². The van der Waals surface area contributed by atoms with Crippen LogP contribution in [0.2, 0.25) is 0 Å². The maximum absolute atomic E-state index is 8.89. The molecule has 1 unspecified atom stereocenters. The molecule has 4 heteroatoms. The molecule has 0 fully saturated rings. The Morgan fingerprint density at radius 2 is 2.00 bits per heavy atom. The molecule has 0 heterocycles. The lowest BCUT2D eigenvalue weighted by Crippen LogP contribution is -2.06. The fourth-order valence-corrected chi connectivity index (χ4v) is 2.21. The first-order chi connectivity index (χ1) is 9.26. The molecular weight excluding hydrogens is 260 g/mol. The average Bonchev–Trinajstić information content (AvgIpc) is 2.45. The number of thioether (sulfide) groups is 1. The summed E-state index contributed by atoms with van der Waals surface area (Å²) in [5.41, 5.74) is 0.868. The van der Waals surface area contributed by atoms with E-state index in [0.717, 1.165) is 22.8 Å². The highest BCUT2D eigenvalue weighted by Crippen LogP contribution is 2.13. The van der Waals surface area contributed by atoms with Crippen molar-refractivity contribution in [2.45, 2.75) is 6.92 Å². The first kappa shape index (κ1) is 15.9. The van der Waals surface area contributed by atoms with Gasteiger partial charge in [0.25, 0.3) is 0 Å². The van der Waals surface area contributed by atoms with Gasteiger partial charge in [-0.25, -0.2) is 0 Å². The van der Waals surface area contributed by atoms with Crippen LogP contribution in [-0.4, -0.2) is 41.5 Å². The molecule has 0 saturated heterocycles. The van der Waals surface area contributed by atoms with Crippen LogP contribution in [0.5, 0.6) is 5.75 Å². The molecule has 0 aliphatic heterocycles. The van der Waals surface area contributed by atoms with Gasteiger partial charge in [0.05, 0.1) is 6.61 Å². The highest BCUT2D eigenvalue weighted by molar-refractivity contribution is 7.99. The van der Waals surface area contributed by atoms with Crippen LogP contribution in [0, 0.1) is 17.8 Å². The fraction of sp³-hybridized carbons (Fsp3) is 0.467.